The molecule has 2 rings (SSSR count). The van der Waals surface area contributed by atoms with Gasteiger partial charge in [-0.15, -0.1) is 0 Å². The topological polar surface area (TPSA) is 42.9 Å². The van der Waals surface area contributed by atoms with E-state index in [0.29, 0.717) is 6.42 Å². The summed E-state index contributed by atoms with van der Waals surface area (Å²) in [6, 6.07) is 9.26. The van der Waals surface area contributed by atoms with Crippen molar-refractivity contribution in [1.29, 1.82) is 0 Å². The molecule has 5 heteroatoms. The highest BCUT2D eigenvalue weighted by molar-refractivity contribution is 9.10. The normalized spacial score (nSPS) is 10.4. The number of carbonyl (C=O) groups excluding carboxylic acids is 1. The van der Waals surface area contributed by atoms with E-state index in [0.717, 1.165) is 27.4 Å². The zero-order chi connectivity index (χ0) is 13.5. The maximum atomic E-state index is 11.9. The molecule has 2 aromatic rings. The standard InChI is InChI=1S/C14H13BrN2OS/c15-12-6-4-11(5-7-12)13(18)3-1-10-19-14-16-8-2-9-17-14/h2,4-9H,1,3,10H2. The van der Waals surface area contributed by atoms with E-state index in [1.54, 1.807) is 30.2 Å². The largest absolute Gasteiger partial charge is 0.294 e. The molecule has 0 fully saturated rings. The van der Waals surface area contributed by atoms with Crippen LogP contribution >= 0.6 is 27.7 Å². The molecule has 0 bridgehead atoms. The minimum atomic E-state index is 0.182. The van der Waals surface area contributed by atoms with Crippen LogP contribution in [0.2, 0.25) is 0 Å². The third kappa shape index (κ3) is 4.76. The quantitative estimate of drug-likeness (QED) is 0.346. The van der Waals surface area contributed by atoms with E-state index in [9.17, 15) is 4.79 Å². The Bertz CT molecular complexity index is 531. The lowest BCUT2D eigenvalue weighted by atomic mass is 10.1. The second-order valence-corrected chi connectivity index (χ2v) is 5.89. The van der Waals surface area contributed by atoms with Crippen molar-refractivity contribution in [2.24, 2.45) is 0 Å². The van der Waals surface area contributed by atoms with Crippen molar-refractivity contribution in [2.45, 2.75) is 18.0 Å². The molecule has 19 heavy (non-hydrogen) atoms. The molecule has 1 aromatic heterocycles. The third-order valence-electron chi connectivity index (χ3n) is 2.49. The highest BCUT2D eigenvalue weighted by Crippen LogP contribution is 2.16. The van der Waals surface area contributed by atoms with Gasteiger partial charge in [0.15, 0.2) is 10.9 Å². The molecule has 0 amide bonds. The number of carbonyl (C=O) groups is 1. The molecule has 1 heterocycles. The molecule has 0 saturated heterocycles. The van der Waals surface area contributed by atoms with Gasteiger partial charge in [-0.25, -0.2) is 9.97 Å². The predicted octanol–water partition coefficient (Wildman–Crippen LogP) is 3.99. The lowest BCUT2D eigenvalue weighted by Crippen LogP contribution is -1.99. The van der Waals surface area contributed by atoms with E-state index in [2.05, 4.69) is 25.9 Å². The van der Waals surface area contributed by atoms with Gasteiger partial charge < -0.3 is 0 Å². The fourth-order valence-electron chi connectivity index (χ4n) is 1.54. The Hall–Kier alpha value is -1.20. The van der Waals surface area contributed by atoms with Crippen LogP contribution in [0.4, 0.5) is 0 Å². The Balaban J connectivity index is 1.74. The van der Waals surface area contributed by atoms with E-state index in [4.69, 9.17) is 0 Å². The molecule has 0 saturated carbocycles. The number of benzene rings is 1. The van der Waals surface area contributed by atoms with Gasteiger partial charge in [0.1, 0.15) is 0 Å². The van der Waals surface area contributed by atoms with E-state index in [-0.39, 0.29) is 5.78 Å². The van der Waals surface area contributed by atoms with Crippen LogP contribution in [0.25, 0.3) is 0 Å². The first kappa shape index (κ1) is 14.2. The number of ketones is 1. The number of hydrogen-bond donors (Lipinski definition) is 0. The van der Waals surface area contributed by atoms with Crippen molar-refractivity contribution >= 4 is 33.5 Å². The molecule has 0 radical (unpaired) electrons. The van der Waals surface area contributed by atoms with Gasteiger partial charge in [-0.1, -0.05) is 39.8 Å². The number of hydrogen-bond acceptors (Lipinski definition) is 4. The number of halogens is 1. The zero-order valence-electron chi connectivity index (χ0n) is 10.3. The maximum Gasteiger partial charge on any atom is 0.187 e. The predicted molar refractivity (Wildman–Crippen MR) is 80.5 cm³/mol. The molecule has 0 aliphatic rings. The fourth-order valence-corrected chi connectivity index (χ4v) is 2.54. The first-order valence-corrected chi connectivity index (χ1v) is 7.72. The Morgan fingerprint density at radius 1 is 1.16 bits per heavy atom. The first-order valence-electron chi connectivity index (χ1n) is 5.94. The van der Waals surface area contributed by atoms with Crippen LogP contribution in [0.3, 0.4) is 0 Å². The van der Waals surface area contributed by atoms with E-state index in [1.807, 2.05) is 24.3 Å². The number of nitrogens with zero attached hydrogens (tertiary/aromatic N) is 2. The molecule has 0 aliphatic carbocycles. The van der Waals surface area contributed by atoms with Crippen LogP contribution in [0, 0.1) is 0 Å². The van der Waals surface area contributed by atoms with Crippen molar-refractivity contribution in [1.82, 2.24) is 9.97 Å². The van der Waals surface area contributed by atoms with Crippen molar-refractivity contribution in [2.75, 3.05) is 5.75 Å². The van der Waals surface area contributed by atoms with Crippen LogP contribution in [0.15, 0.2) is 52.4 Å². The van der Waals surface area contributed by atoms with E-state index in [1.165, 1.54) is 0 Å². The lowest BCUT2D eigenvalue weighted by Gasteiger charge is -2.01. The Kier molecular flexibility index (Phi) is 5.54. The number of thioether (sulfide) groups is 1. The van der Waals surface area contributed by atoms with Crippen LogP contribution in [0.5, 0.6) is 0 Å². The van der Waals surface area contributed by atoms with Crippen LogP contribution in [0.1, 0.15) is 23.2 Å². The average molecular weight is 337 g/mol. The number of aromatic nitrogens is 2. The van der Waals surface area contributed by atoms with Gasteiger partial charge in [0, 0.05) is 34.6 Å². The summed E-state index contributed by atoms with van der Waals surface area (Å²) >= 11 is 4.93. The summed E-state index contributed by atoms with van der Waals surface area (Å²) in [6.45, 7) is 0. The molecular formula is C14H13BrN2OS. The number of rotatable bonds is 6. The number of Topliss-reactive ketones (excluding diaryl/α,β-unsaturated/α-hetero) is 1. The summed E-state index contributed by atoms with van der Waals surface area (Å²) in [6.07, 6.45) is 4.84. The fraction of sp³-hybridized carbons (Fsp3) is 0.214. The second kappa shape index (κ2) is 7.40. The summed E-state index contributed by atoms with van der Waals surface area (Å²) in [5.74, 6) is 1.04. The highest BCUT2D eigenvalue weighted by Gasteiger charge is 2.05. The Labute approximate surface area is 125 Å². The van der Waals surface area contributed by atoms with E-state index < -0.39 is 0 Å². The molecule has 3 nitrogen and oxygen atoms in total. The summed E-state index contributed by atoms with van der Waals surface area (Å²) in [5.41, 5.74) is 0.768. The molecule has 0 unspecified atom stereocenters. The maximum absolute atomic E-state index is 11.9. The smallest absolute Gasteiger partial charge is 0.187 e. The van der Waals surface area contributed by atoms with Crippen molar-refractivity contribution < 1.29 is 4.79 Å². The monoisotopic (exact) mass is 336 g/mol. The van der Waals surface area contributed by atoms with Crippen molar-refractivity contribution in [3.05, 3.63) is 52.8 Å². The van der Waals surface area contributed by atoms with Gasteiger partial charge in [-0.3, -0.25) is 4.79 Å². The Morgan fingerprint density at radius 2 is 1.84 bits per heavy atom. The minimum Gasteiger partial charge on any atom is -0.294 e. The third-order valence-corrected chi connectivity index (χ3v) is 3.98. The Morgan fingerprint density at radius 3 is 2.53 bits per heavy atom. The molecule has 0 spiro atoms. The molecule has 0 aliphatic heterocycles. The summed E-state index contributed by atoms with van der Waals surface area (Å²) in [4.78, 5) is 20.2. The highest BCUT2D eigenvalue weighted by atomic mass is 79.9. The van der Waals surface area contributed by atoms with Crippen molar-refractivity contribution in [3.63, 3.8) is 0 Å². The van der Waals surface area contributed by atoms with Crippen LogP contribution in [-0.2, 0) is 0 Å². The molecule has 0 atom stereocenters. The SMILES string of the molecule is O=C(CCCSc1ncccn1)c1ccc(Br)cc1. The van der Waals surface area contributed by atoms with Crippen LogP contribution in [-0.4, -0.2) is 21.5 Å². The van der Waals surface area contributed by atoms with Gasteiger partial charge in [-0.05, 0) is 24.6 Å². The van der Waals surface area contributed by atoms with Gasteiger partial charge in [0.25, 0.3) is 0 Å². The lowest BCUT2D eigenvalue weighted by molar-refractivity contribution is 0.0982. The zero-order valence-corrected chi connectivity index (χ0v) is 12.7. The van der Waals surface area contributed by atoms with E-state index >= 15 is 0 Å². The van der Waals surface area contributed by atoms with Gasteiger partial charge in [0.05, 0.1) is 0 Å². The van der Waals surface area contributed by atoms with Crippen LogP contribution < -0.4 is 0 Å². The molecular weight excluding hydrogens is 324 g/mol. The summed E-state index contributed by atoms with van der Waals surface area (Å²) < 4.78 is 0.987. The molecule has 1 aromatic carbocycles. The molecule has 0 N–H and O–H groups in total. The summed E-state index contributed by atoms with van der Waals surface area (Å²) in [7, 11) is 0. The average Bonchev–Trinajstić information content (AvgIpc) is 2.45. The second-order valence-electron chi connectivity index (χ2n) is 3.91. The van der Waals surface area contributed by atoms with Gasteiger partial charge >= 0.3 is 0 Å². The molecule has 98 valence electrons. The minimum absolute atomic E-state index is 0.182. The first-order chi connectivity index (χ1) is 9.25. The summed E-state index contributed by atoms with van der Waals surface area (Å²) in [5, 5.41) is 0.763. The van der Waals surface area contributed by atoms with Gasteiger partial charge in [-0.2, -0.15) is 0 Å². The van der Waals surface area contributed by atoms with Crippen molar-refractivity contribution in [3.8, 4) is 0 Å². The van der Waals surface area contributed by atoms with Gasteiger partial charge in [0.2, 0.25) is 0 Å².